The molecule has 0 fully saturated rings. The Labute approximate surface area is 855 Å². The van der Waals surface area contributed by atoms with Gasteiger partial charge in [0.25, 0.3) is 0 Å². The molecule has 30 rings (SSSR count). The molecule has 0 atom stereocenters. The molecule has 0 saturated heterocycles. The third kappa shape index (κ3) is 15.4. The molecular formula is C136H86N10OS. The van der Waals surface area contributed by atoms with Crippen LogP contribution in [0.5, 0.6) is 0 Å². The molecule has 0 saturated carbocycles. The minimum atomic E-state index is 0.629. The van der Waals surface area contributed by atoms with Crippen LogP contribution in [0.15, 0.2) is 526 Å². The summed E-state index contributed by atoms with van der Waals surface area (Å²) in [5, 5.41) is 17.3. The summed E-state index contributed by atoms with van der Waals surface area (Å²) in [7, 11) is 0. The number of rotatable bonds is 14. The predicted molar refractivity (Wildman–Crippen MR) is 615 cm³/mol. The lowest BCUT2D eigenvalue weighted by molar-refractivity contribution is 0.669. The van der Waals surface area contributed by atoms with E-state index in [-0.39, 0.29) is 0 Å². The standard InChI is InChI=1S/C46H30N2.C45H28N4O.C45H28N4S/c1-4-14-31(15-5-1)34-26-35(32-16-6-2-7-17-32)28-37(27-34)48-42-23-13-12-22-39(42)40-29-41-45(30-44(40)48)47(36-19-8-3-9-20-36)43-25-24-33-18-10-11-21-38(33)46(41)43;2*1-3-12-29(13-4-1)43-46-44(30-14-5-2-6-15-30)48-45(47-43)33-16-11-17-34(26-33)49-39-20-9-7-18-35(39)37-27-31(22-24-40(37)49)32-23-25-42-38(28-32)36-19-8-10-21-41(36)50-42/h1-30H;2*1-28H. The SMILES string of the molecule is c1ccc(-c2cc(-c3ccccc3)cc(-n3c4ccccc4c4cc5c6c7ccccc7ccc6n(-c6ccccc6)c5cc43)c2)cc1.c1ccc(-c2nc(-c3ccccc3)nc(-c3cccc(-n4c5ccccc5c5cc(-c6ccc7oc8ccccc8c7c6)ccc54)c3)n2)cc1.c1ccc(-c2nc(-c3ccccc3)nc(-c3cccc(-n4c5ccccc5c5cc(-c6ccc7sc8ccccc8c7c6)ccc54)c3)n2)cc1. The van der Waals surface area contributed by atoms with Gasteiger partial charge in [0.2, 0.25) is 0 Å². The first-order chi connectivity index (χ1) is 73.3. The van der Waals surface area contributed by atoms with Crippen molar-refractivity contribution in [2.45, 2.75) is 0 Å². The highest BCUT2D eigenvalue weighted by Gasteiger charge is 2.26. The van der Waals surface area contributed by atoms with Crippen LogP contribution < -0.4 is 0 Å². The quantitative estimate of drug-likeness (QED) is 0.107. The predicted octanol–water partition coefficient (Wildman–Crippen LogP) is 35.9. The number of para-hydroxylation sites is 5. The maximum atomic E-state index is 6.11. The molecule has 148 heavy (non-hydrogen) atoms. The average Bonchev–Trinajstić information content (AvgIpc) is 1.53. The molecule has 0 amide bonds. The Balaban J connectivity index is 0.000000107. The van der Waals surface area contributed by atoms with E-state index >= 15 is 0 Å². The minimum absolute atomic E-state index is 0.629. The van der Waals surface area contributed by atoms with Gasteiger partial charge in [-0.1, -0.05) is 370 Å². The van der Waals surface area contributed by atoms with Crippen LogP contribution in [0.3, 0.4) is 0 Å². The Kier molecular flexibility index (Phi) is 21.2. The molecule has 0 aliphatic carbocycles. The maximum absolute atomic E-state index is 6.11. The summed E-state index contributed by atoms with van der Waals surface area (Å²) < 4.78 is 18.3. The smallest absolute Gasteiger partial charge is 0.164 e. The molecule has 11 nitrogen and oxygen atoms in total. The van der Waals surface area contributed by atoms with Crippen molar-refractivity contribution in [3.05, 3.63) is 522 Å². The lowest BCUT2D eigenvalue weighted by atomic mass is 9.98. The van der Waals surface area contributed by atoms with Crippen molar-refractivity contribution in [3.63, 3.8) is 0 Å². The summed E-state index contributed by atoms with van der Waals surface area (Å²) in [6.45, 7) is 0. The number of fused-ring (bicyclic) bond motifs is 20. The van der Waals surface area contributed by atoms with Gasteiger partial charge in [0.1, 0.15) is 11.2 Å². The van der Waals surface area contributed by atoms with E-state index in [9.17, 15) is 0 Å². The number of thiophene rings is 1. The third-order valence-corrected chi connectivity index (χ3v) is 29.9. The first-order valence-corrected chi connectivity index (χ1v) is 50.7. The van der Waals surface area contributed by atoms with Gasteiger partial charge in [0, 0.05) is 130 Å². The monoisotopic (exact) mass is 1910 g/mol. The fourth-order valence-electron chi connectivity index (χ4n) is 21.8. The van der Waals surface area contributed by atoms with Crippen LogP contribution in [0, 0.1) is 0 Å². The molecule has 8 aromatic heterocycles. The van der Waals surface area contributed by atoms with Crippen molar-refractivity contribution >= 4 is 151 Å². The fourth-order valence-corrected chi connectivity index (χ4v) is 22.9. The van der Waals surface area contributed by atoms with Gasteiger partial charge >= 0.3 is 0 Å². The Hall–Kier alpha value is -19.7. The van der Waals surface area contributed by atoms with Crippen molar-refractivity contribution in [2.75, 3.05) is 0 Å². The van der Waals surface area contributed by atoms with Gasteiger partial charge in [-0.2, -0.15) is 0 Å². The fraction of sp³-hybridized carbons (Fsp3) is 0. The zero-order valence-corrected chi connectivity index (χ0v) is 80.8. The van der Waals surface area contributed by atoms with Gasteiger partial charge < -0.3 is 22.7 Å². The van der Waals surface area contributed by atoms with E-state index in [0.29, 0.717) is 34.9 Å². The molecule has 0 radical (unpaired) electrons. The molecule has 0 N–H and O–H groups in total. The molecule has 0 bridgehead atoms. The molecule has 0 aliphatic heterocycles. The highest BCUT2D eigenvalue weighted by Crippen LogP contribution is 2.47. The maximum Gasteiger partial charge on any atom is 0.164 e. The van der Waals surface area contributed by atoms with E-state index < -0.39 is 0 Å². The molecule has 12 heteroatoms. The summed E-state index contributed by atoms with van der Waals surface area (Å²) in [5.74, 6) is 3.86. The van der Waals surface area contributed by atoms with Crippen LogP contribution in [0.4, 0.5) is 0 Å². The Morgan fingerprint density at radius 2 is 0.473 bits per heavy atom. The van der Waals surface area contributed by atoms with Gasteiger partial charge in [0.05, 0.1) is 44.1 Å². The van der Waals surface area contributed by atoms with Crippen LogP contribution in [0.2, 0.25) is 0 Å². The zero-order valence-electron chi connectivity index (χ0n) is 79.9. The van der Waals surface area contributed by atoms with Crippen LogP contribution in [0.25, 0.3) is 276 Å². The highest BCUT2D eigenvalue weighted by molar-refractivity contribution is 7.25. The second kappa shape index (κ2) is 36.4. The molecule has 30 aromatic rings. The van der Waals surface area contributed by atoms with Crippen LogP contribution in [-0.4, -0.2) is 48.2 Å². The van der Waals surface area contributed by atoms with Gasteiger partial charge in [0.15, 0.2) is 34.9 Å². The number of hydrogen-bond acceptors (Lipinski definition) is 8. The van der Waals surface area contributed by atoms with Gasteiger partial charge in [-0.3, -0.25) is 0 Å². The van der Waals surface area contributed by atoms with Gasteiger partial charge in [-0.05, 0) is 207 Å². The summed E-state index contributed by atoms with van der Waals surface area (Å²) in [6.07, 6.45) is 0. The first-order valence-electron chi connectivity index (χ1n) is 49.9. The summed E-state index contributed by atoms with van der Waals surface area (Å²) in [6, 6.07) is 185. The largest absolute Gasteiger partial charge is 0.456 e. The Bertz CT molecular complexity index is 9860. The van der Waals surface area contributed by atoms with Crippen molar-refractivity contribution in [1.29, 1.82) is 0 Å². The van der Waals surface area contributed by atoms with E-state index in [0.717, 1.165) is 111 Å². The van der Waals surface area contributed by atoms with Crippen LogP contribution >= 0.6 is 11.3 Å². The molecule has 22 aromatic carbocycles. The summed E-state index contributed by atoms with van der Waals surface area (Å²) >= 11 is 1.85. The van der Waals surface area contributed by atoms with E-state index in [2.05, 4.69) is 407 Å². The van der Waals surface area contributed by atoms with Gasteiger partial charge in [-0.25, -0.2) is 29.9 Å². The van der Waals surface area contributed by atoms with Crippen molar-refractivity contribution in [3.8, 4) is 136 Å². The van der Waals surface area contributed by atoms with E-state index in [1.807, 2.05) is 145 Å². The first kappa shape index (κ1) is 86.2. The second-order valence-corrected chi connectivity index (χ2v) is 38.6. The highest BCUT2D eigenvalue weighted by atomic mass is 32.1. The summed E-state index contributed by atoms with van der Waals surface area (Å²) in [4.78, 5) is 29.7. The van der Waals surface area contributed by atoms with Crippen LogP contribution in [-0.2, 0) is 0 Å². The number of nitrogens with zero attached hydrogens (tertiary/aromatic N) is 10. The van der Waals surface area contributed by atoms with Crippen molar-refractivity contribution in [1.82, 2.24) is 48.2 Å². The zero-order chi connectivity index (χ0) is 97.6. The molecule has 0 spiro atoms. The van der Waals surface area contributed by atoms with Crippen molar-refractivity contribution < 1.29 is 4.42 Å². The third-order valence-electron chi connectivity index (χ3n) is 28.7. The number of benzene rings is 22. The van der Waals surface area contributed by atoms with Crippen molar-refractivity contribution in [2.24, 2.45) is 0 Å². The summed E-state index contributed by atoms with van der Waals surface area (Å²) in [5.41, 5.74) is 30.8. The lowest BCUT2D eigenvalue weighted by Crippen LogP contribution is -2.01. The minimum Gasteiger partial charge on any atom is -0.456 e. The molecule has 0 aliphatic rings. The van der Waals surface area contributed by atoms with E-state index in [1.165, 1.54) is 129 Å². The molecular weight excluding hydrogens is 1820 g/mol. The normalized spacial score (nSPS) is 11.6. The topological polar surface area (TPSA) is 110 Å². The second-order valence-electron chi connectivity index (χ2n) is 37.6. The van der Waals surface area contributed by atoms with E-state index in [4.69, 9.17) is 34.3 Å². The molecule has 692 valence electrons. The Morgan fingerprint density at radius 3 is 0.973 bits per heavy atom. The Morgan fingerprint density at radius 1 is 0.149 bits per heavy atom. The van der Waals surface area contributed by atoms with E-state index in [1.54, 1.807) is 0 Å². The number of hydrogen-bond donors (Lipinski definition) is 0. The van der Waals surface area contributed by atoms with Gasteiger partial charge in [-0.15, -0.1) is 11.3 Å². The molecule has 0 unspecified atom stereocenters. The number of aromatic nitrogens is 10. The van der Waals surface area contributed by atoms with Crippen LogP contribution in [0.1, 0.15) is 0 Å². The molecule has 8 heterocycles. The lowest BCUT2D eigenvalue weighted by Gasteiger charge is -2.14. The average molecular weight is 1910 g/mol. The number of furan rings is 1.